The highest BCUT2D eigenvalue weighted by molar-refractivity contribution is 5.91. The Bertz CT molecular complexity index is 448. The molecule has 6 nitrogen and oxygen atoms in total. The van der Waals surface area contributed by atoms with Gasteiger partial charge in [0.1, 0.15) is 0 Å². The number of nitrogens with one attached hydrogen (secondary N) is 1. The van der Waals surface area contributed by atoms with E-state index in [9.17, 15) is 9.59 Å². The highest BCUT2D eigenvalue weighted by atomic mass is 16.3. The number of amides is 2. The first-order chi connectivity index (χ1) is 9.58. The zero-order valence-corrected chi connectivity index (χ0v) is 12.0. The summed E-state index contributed by atoms with van der Waals surface area (Å²) >= 11 is 0. The number of rotatable bonds is 4. The Morgan fingerprint density at radius 1 is 1.25 bits per heavy atom. The molecular formula is C14H21N3O3. The summed E-state index contributed by atoms with van der Waals surface area (Å²) in [5, 5.41) is 3.11. The molecule has 1 N–H and O–H groups in total. The first-order valence-corrected chi connectivity index (χ1v) is 6.92. The van der Waals surface area contributed by atoms with E-state index in [0.717, 1.165) is 0 Å². The standard InChI is InChI=1S/C14H21N3O3/c1-11(2)15-10-13(18)16-5-7-17(8-6-16)14(19)12-4-3-9-20-12/h3-4,9,11,15H,5-8,10H2,1-2H3. The van der Waals surface area contributed by atoms with Crippen LogP contribution in [0.2, 0.25) is 0 Å². The molecular weight excluding hydrogens is 258 g/mol. The van der Waals surface area contributed by atoms with Crippen molar-refractivity contribution < 1.29 is 14.0 Å². The lowest BCUT2D eigenvalue weighted by Crippen LogP contribution is -2.52. The minimum atomic E-state index is -0.109. The molecule has 1 fully saturated rings. The molecule has 0 atom stereocenters. The van der Waals surface area contributed by atoms with Crippen LogP contribution in [0.25, 0.3) is 0 Å². The number of furan rings is 1. The van der Waals surface area contributed by atoms with Crippen molar-refractivity contribution in [2.45, 2.75) is 19.9 Å². The molecule has 1 aromatic heterocycles. The van der Waals surface area contributed by atoms with Crippen molar-refractivity contribution in [3.63, 3.8) is 0 Å². The maximum atomic E-state index is 12.1. The summed E-state index contributed by atoms with van der Waals surface area (Å²) < 4.78 is 5.11. The van der Waals surface area contributed by atoms with E-state index in [1.165, 1.54) is 6.26 Å². The van der Waals surface area contributed by atoms with Gasteiger partial charge in [-0.1, -0.05) is 13.8 Å². The van der Waals surface area contributed by atoms with Gasteiger partial charge in [-0.05, 0) is 12.1 Å². The quantitative estimate of drug-likeness (QED) is 0.874. The second-order valence-corrected chi connectivity index (χ2v) is 5.19. The lowest BCUT2D eigenvalue weighted by molar-refractivity contribution is -0.131. The first kappa shape index (κ1) is 14.6. The van der Waals surface area contributed by atoms with Gasteiger partial charge in [0.2, 0.25) is 5.91 Å². The summed E-state index contributed by atoms with van der Waals surface area (Å²) in [6.45, 7) is 6.61. The second-order valence-electron chi connectivity index (χ2n) is 5.19. The van der Waals surface area contributed by atoms with Gasteiger partial charge in [0, 0.05) is 32.2 Å². The van der Waals surface area contributed by atoms with Gasteiger partial charge in [0.05, 0.1) is 12.8 Å². The van der Waals surface area contributed by atoms with Crippen molar-refractivity contribution in [3.8, 4) is 0 Å². The van der Waals surface area contributed by atoms with Crippen LogP contribution >= 0.6 is 0 Å². The molecule has 0 saturated carbocycles. The van der Waals surface area contributed by atoms with E-state index in [-0.39, 0.29) is 11.8 Å². The van der Waals surface area contributed by atoms with Gasteiger partial charge in [0.25, 0.3) is 5.91 Å². The monoisotopic (exact) mass is 279 g/mol. The van der Waals surface area contributed by atoms with Gasteiger partial charge in [-0.25, -0.2) is 0 Å². The van der Waals surface area contributed by atoms with Gasteiger partial charge >= 0.3 is 0 Å². The summed E-state index contributed by atoms with van der Waals surface area (Å²) in [5.74, 6) is 0.331. The van der Waals surface area contributed by atoms with Crippen molar-refractivity contribution >= 4 is 11.8 Å². The predicted molar refractivity (Wildman–Crippen MR) is 74.3 cm³/mol. The van der Waals surface area contributed by atoms with Crippen LogP contribution in [0, 0.1) is 0 Å². The Balaban J connectivity index is 1.80. The molecule has 0 unspecified atom stereocenters. The summed E-state index contributed by atoms with van der Waals surface area (Å²) in [4.78, 5) is 27.5. The van der Waals surface area contributed by atoms with Crippen molar-refractivity contribution in [2.24, 2.45) is 0 Å². The molecule has 0 aliphatic carbocycles. The molecule has 0 radical (unpaired) electrons. The van der Waals surface area contributed by atoms with Gasteiger partial charge in [0.15, 0.2) is 5.76 Å². The van der Waals surface area contributed by atoms with Gasteiger partial charge in [-0.2, -0.15) is 0 Å². The van der Waals surface area contributed by atoms with Crippen LogP contribution in [0.4, 0.5) is 0 Å². The Labute approximate surface area is 118 Å². The zero-order chi connectivity index (χ0) is 14.5. The lowest BCUT2D eigenvalue weighted by Gasteiger charge is -2.34. The summed E-state index contributed by atoms with van der Waals surface area (Å²) in [7, 11) is 0. The molecule has 1 aliphatic heterocycles. The van der Waals surface area contributed by atoms with Crippen LogP contribution in [0.3, 0.4) is 0 Å². The van der Waals surface area contributed by atoms with Crippen molar-refractivity contribution in [1.29, 1.82) is 0 Å². The minimum absolute atomic E-state index is 0.0868. The number of nitrogens with zero attached hydrogens (tertiary/aromatic N) is 2. The van der Waals surface area contributed by atoms with E-state index in [1.54, 1.807) is 21.9 Å². The molecule has 2 heterocycles. The van der Waals surface area contributed by atoms with Gasteiger partial charge < -0.3 is 19.5 Å². The maximum Gasteiger partial charge on any atom is 0.289 e. The van der Waals surface area contributed by atoms with Gasteiger partial charge in [-0.15, -0.1) is 0 Å². The fourth-order valence-corrected chi connectivity index (χ4v) is 2.12. The number of hydrogen-bond donors (Lipinski definition) is 1. The molecule has 0 spiro atoms. The molecule has 1 aromatic rings. The lowest BCUT2D eigenvalue weighted by atomic mass is 10.2. The number of hydrogen-bond acceptors (Lipinski definition) is 4. The Morgan fingerprint density at radius 2 is 1.90 bits per heavy atom. The average Bonchev–Trinajstić information content (AvgIpc) is 2.98. The molecule has 1 saturated heterocycles. The van der Waals surface area contributed by atoms with E-state index >= 15 is 0 Å². The van der Waals surface area contributed by atoms with E-state index in [2.05, 4.69) is 5.32 Å². The van der Waals surface area contributed by atoms with E-state index in [0.29, 0.717) is 44.5 Å². The molecule has 2 amide bonds. The third-order valence-corrected chi connectivity index (χ3v) is 3.31. The largest absolute Gasteiger partial charge is 0.459 e. The fraction of sp³-hybridized carbons (Fsp3) is 0.571. The van der Waals surface area contributed by atoms with Gasteiger partial charge in [-0.3, -0.25) is 9.59 Å². The number of piperazine rings is 1. The minimum Gasteiger partial charge on any atom is -0.459 e. The van der Waals surface area contributed by atoms with Crippen molar-refractivity contribution in [1.82, 2.24) is 15.1 Å². The Kier molecular flexibility index (Phi) is 4.79. The van der Waals surface area contributed by atoms with Crippen LogP contribution in [-0.4, -0.2) is 60.4 Å². The molecule has 0 aromatic carbocycles. The van der Waals surface area contributed by atoms with Crippen LogP contribution in [0.5, 0.6) is 0 Å². The van der Waals surface area contributed by atoms with Crippen LogP contribution < -0.4 is 5.32 Å². The molecule has 2 rings (SSSR count). The van der Waals surface area contributed by atoms with E-state index < -0.39 is 0 Å². The molecule has 1 aliphatic rings. The summed E-state index contributed by atoms with van der Waals surface area (Å²) in [6.07, 6.45) is 1.49. The van der Waals surface area contributed by atoms with Crippen molar-refractivity contribution in [2.75, 3.05) is 32.7 Å². The number of carbonyl (C=O) groups is 2. The molecule has 6 heteroatoms. The third kappa shape index (κ3) is 3.60. The molecule has 0 bridgehead atoms. The fourth-order valence-electron chi connectivity index (χ4n) is 2.12. The van der Waals surface area contributed by atoms with Crippen LogP contribution in [0.15, 0.2) is 22.8 Å². The highest BCUT2D eigenvalue weighted by Gasteiger charge is 2.25. The SMILES string of the molecule is CC(C)NCC(=O)N1CCN(C(=O)c2ccco2)CC1. The molecule has 20 heavy (non-hydrogen) atoms. The summed E-state index contributed by atoms with van der Waals surface area (Å²) in [6, 6.07) is 3.65. The van der Waals surface area contributed by atoms with E-state index in [4.69, 9.17) is 4.42 Å². The summed E-state index contributed by atoms with van der Waals surface area (Å²) in [5.41, 5.74) is 0. The third-order valence-electron chi connectivity index (χ3n) is 3.31. The topological polar surface area (TPSA) is 65.8 Å². The first-order valence-electron chi connectivity index (χ1n) is 6.92. The Hall–Kier alpha value is -1.82. The Morgan fingerprint density at radius 3 is 2.45 bits per heavy atom. The number of carbonyl (C=O) groups excluding carboxylic acids is 2. The van der Waals surface area contributed by atoms with Crippen LogP contribution in [-0.2, 0) is 4.79 Å². The molecule has 110 valence electrons. The van der Waals surface area contributed by atoms with Crippen LogP contribution in [0.1, 0.15) is 24.4 Å². The maximum absolute atomic E-state index is 12.1. The highest BCUT2D eigenvalue weighted by Crippen LogP contribution is 2.09. The predicted octanol–water partition coefficient (Wildman–Crippen LogP) is 0.562. The normalized spacial score (nSPS) is 15.8. The smallest absolute Gasteiger partial charge is 0.289 e. The second kappa shape index (κ2) is 6.56. The average molecular weight is 279 g/mol. The zero-order valence-electron chi connectivity index (χ0n) is 12.0. The van der Waals surface area contributed by atoms with Crippen molar-refractivity contribution in [3.05, 3.63) is 24.2 Å². The van der Waals surface area contributed by atoms with E-state index in [1.807, 2.05) is 13.8 Å².